The number of fused-ring (bicyclic) bond motifs is 1. The fourth-order valence-electron chi connectivity index (χ4n) is 3.32. The van der Waals surface area contributed by atoms with E-state index in [1.54, 1.807) is 13.8 Å². The molecule has 31 heavy (non-hydrogen) atoms. The van der Waals surface area contributed by atoms with Crippen LogP contribution in [0.3, 0.4) is 0 Å². The van der Waals surface area contributed by atoms with Gasteiger partial charge in [0.1, 0.15) is 5.69 Å². The van der Waals surface area contributed by atoms with E-state index >= 15 is 0 Å². The van der Waals surface area contributed by atoms with Crippen LogP contribution in [0.1, 0.15) is 13.8 Å². The second-order valence-corrected chi connectivity index (χ2v) is 7.43. The molecule has 0 radical (unpaired) electrons. The van der Waals surface area contributed by atoms with E-state index in [4.69, 9.17) is 4.74 Å². The molecule has 3 aromatic rings. The Bertz CT molecular complexity index is 1250. The Labute approximate surface area is 173 Å². The van der Waals surface area contributed by atoms with Gasteiger partial charge in [0.25, 0.3) is 5.56 Å². The molecule has 1 amide bonds. The number of rotatable bonds is 4. The molecule has 0 spiro atoms. The lowest BCUT2D eigenvalue weighted by atomic mass is 10.2. The van der Waals surface area contributed by atoms with E-state index in [2.05, 4.69) is 25.4 Å². The number of nitrogens with one attached hydrogen (secondary N) is 3. The van der Waals surface area contributed by atoms with Gasteiger partial charge < -0.3 is 19.9 Å². The van der Waals surface area contributed by atoms with Crippen molar-refractivity contribution in [2.24, 2.45) is 0 Å². The molecule has 11 nitrogen and oxygen atoms in total. The minimum atomic E-state index is -3.31. The number of alkyl halides is 2. The van der Waals surface area contributed by atoms with Crippen LogP contribution in [0.4, 0.5) is 19.3 Å². The Morgan fingerprint density at radius 1 is 1.39 bits per heavy atom. The maximum absolute atomic E-state index is 14.6. The van der Waals surface area contributed by atoms with Gasteiger partial charge >= 0.3 is 17.7 Å². The Morgan fingerprint density at radius 3 is 2.87 bits per heavy atom. The van der Waals surface area contributed by atoms with E-state index in [1.165, 1.54) is 34.1 Å². The zero-order chi connectivity index (χ0) is 22.3. The molecular weight excluding hydrogens is 416 g/mol. The first-order valence-electron chi connectivity index (χ1n) is 9.41. The maximum atomic E-state index is 14.6. The van der Waals surface area contributed by atoms with Gasteiger partial charge in [-0.15, -0.1) is 0 Å². The van der Waals surface area contributed by atoms with Gasteiger partial charge in [-0.05, 0) is 19.9 Å². The Kier molecular flexibility index (Phi) is 4.95. The van der Waals surface area contributed by atoms with Crippen molar-refractivity contribution in [1.82, 2.24) is 29.9 Å². The molecule has 0 saturated carbocycles. The van der Waals surface area contributed by atoms with E-state index in [1.807, 2.05) is 0 Å². The number of aromatic amines is 2. The number of hydrogen-bond donors (Lipinski definition) is 3. The molecule has 0 aliphatic carbocycles. The number of halogens is 2. The number of H-pyrrole nitrogens is 2. The van der Waals surface area contributed by atoms with Gasteiger partial charge in [-0.2, -0.15) is 5.10 Å². The number of carbonyl (C=O) groups excluding carboxylic acids is 1. The fourth-order valence-corrected chi connectivity index (χ4v) is 3.32. The molecule has 3 N–H and O–H groups in total. The third-order valence-electron chi connectivity index (χ3n) is 4.69. The van der Waals surface area contributed by atoms with Crippen LogP contribution in [0, 0.1) is 0 Å². The molecule has 4 heterocycles. The summed E-state index contributed by atoms with van der Waals surface area (Å²) in [5.41, 5.74) is -0.616. The van der Waals surface area contributed by atoms with Crippen molar-refractivity contribution in [2.75, 3.05) is 18.0 Å². The molecule has 1 saturated heterocycles. The first-order valence-corrected chi connectivity index (χ1v) is 9.41. The van der Waals surface area contributed by atoms with Crippen molar-refractivity contribution in [2.45, 2.75) is 31.9 Å². The van der Waals surface area contributed by atoms with Crippen LogP contribution < -0.4 is 21.5 Å². The van der Waals surface area contributed by atoms with E-state index in [0.29, 0.717) is 0 Å². The number of nitrogens with zero attached hydrogens (tertiary/aromatic N) is 4. The molecule has 164 valence electrons. The highest BCUT2D eigenvalue weighted by molar-refractivity contribution is 5.75. The minimum absolute atomic E-state index is 0.0477. The van der Waals surface area contributed by atoms with Crippen molar-refractivity contribution in [1.29, 1.82) is 0 Å². The first kappa shape index (κ1) is 20.5. The number of anilines is 1. The highest BCUT2D eigenvalue weighted by atomic mass is 19.3. The van der Waals surface area contributed by atoms with Gasteiger partial charge in [0, 0.05) is 24.6 Å². The molecule has 1 aliphatic rings. The summed E-state index contributed by atoms with van der Waals surface area (Å²) < 4.78 is 35.5. The van der Waals surface area contributed by atoms with Crippen LogP contribution in [0.25, 0.3) is 16.9 Å². The maximum Gasteiger partial charge on any atom is 0.407 e. The highest BCUT2D eigenvalue weighted by Crippen LogP contribution is 2.35. The average molecular weight is 435 g/mol. The third-order valence-corrected chi connectivity index (χ3v) is 4.69. The van der Waals surface area contributed by atoms with Crippen LogP contribution in [0.2, 0.25) is 0 Å². The molecule has 0 aromatic carbocycles. The normalized spacial score (nSPS) is 18.0. The Hall–Kier alpha value is -3.77. The van der Waals surface area contributed by atoms with Gasteiger partial charge in [-0.3, -0.25) is 9.78 Å². The zero-order valence-electron chi connectivity index (χ0n) is 16.6. The second kappa shape index (κ2) is 7.49. The van der Waals surface area contributed by atoms with Crippen molar-refractivity contribution >= 4 is 17.4 Å². The molecule has 1 aliphatic heterocycles. The minimum Gasteiger partial charge on any atom is -0.438 e. The van der Waals surface area contributed by atoms with Gasteiger partial charge in [-0.25, -0.2) is 27.9 Å². The number of aromatic nitrogens is 5. The SMILES string of the molecule is CC(C)NC(=O)OC1CN(c2cc(-c3c[nH]c(=O)[nH]c3=O)nn3ccnc23)CC1(F)F. The number of hydrogen-bond acceptors (Lipinski definition) is 7. The average Bonchev–Trinajstić information content (AvgIpc) is 3.24. The molecule has 4 rings (SSSR count). The summed E-state index contributed by atoms with van der Waals surface area (Å²) in [6.45, 7) is 2.37. The number of carbonyl (C=O) groups is 1. The largest absolute Gasteiger partial charge is 0.438 e. The predicted octanol–water partition coefficient (Wildman–Crippen LogP) is 0.731. The van der Waals surface area contributed by atoms with E-state index < -0.39 is 35.9 Å². The monoisotopic (exact) mass is 435 g/mol. The van der Waals surface area contributed by atoms with Crippen LogP contribution in [0.15, 0.2) is 34.2 Å². The van der Waals surface area contributed by atoms with Crippen molar-refractivity contribution < 1.29 is 18.3 Å². The fraction of sp³-hybridized carbons (Fsp3) is 0.389. The molecular formula is C18H19F2N7O4. The van der Waals surface area contributed by atoms with Crippen LogP contribution >= 0.6 is 0 Å². The van der Waals surface area contributed by atoms with Crippen LogP contribution in [0.5, 0.6) is 0 Å². The number of amides is 1. The van der Waals surface area contributed by atoms with Gasteiger partial charge in [0.2, 0.25) is 0 Å². The van der Waals surface area contributed by atoms with Crippen LogP contribution in [-0.2, 0) is 4.74 Å². The lowest BCUT2D eigenvalue weighted by Crippen LogP contribution is -2.40. The lowest BCUT2D eigenvalue weighted by molar-refractivity contribution is -0.0765. The zero-order valence-corrected chi connectivity index (χ0v) is 16.6. The quantitative estimate of drug-likeness (QED) is 0.549. The summed E-state index contributed by atoms with van der Waals surface area (Å²) in [5.74, 6) is -3.31. The van der Waals surface area contributed by atoms with E-state index in [9.17, 15) is 23.2 Å². The topological polar surface area (TPSA) is 137 Å². The number of imidazole rings is 1. The standard InChI is InChI=1S/C18H19F2N7O4/c1-9(2)23-17(30)31-13-7-26(8-18(13,19)20)12-5-11(25-27-4-3-21-14(12)27)10-6-22-16(29)24-15(10)28/h3-6,9,13H,7-8H2,1-2H3,(H,23,30)(H2,22,24,28,29). The number of alkyl carbamates (subject to hydrolysis) is 1. The van der Waals surface area contributed by atoms with E-state index in [0.717, 1.165) is 0 Å². The highest BCUT2D eigenvalue weighted by Gasteiger charge is 2.51. The second-order valence-electron chi connectivity index (χ2n) is 7.43. The van der Waals surface area contributed by atoms with E-state index in [-0.39, 0.29) is 35.2 Å². The Morgan fingerprint density at radius 2 is 2.16 bits per heavy atom. The molecule has 3 aromatic heterocycles. The summed E-state index contributed by atoms with van der Waals surface area (Å²) in [5, 5.41) is 6.69. The molecule has 1 unspecified atom stereocenters. The van der Waals surface area contributed by atoms with Crippen molar-refractivity contribution in [3.8, 4) is 11.3 Å². The Balaban J connectivity index is 1.71. The summed E-state index contributed by atoms with van der Waals surface area (Å²) in [6, 6.07) is 1.17. The predicted molar refractivity (Wildman–Crippen MR) is 105 cm³/mol. The van der Waals surface area contributed by atoms with Crippen LogP contribution in [-0.4, -0.2) is 61.8 Å². The molecule has 1 fully saturated rings. The lowest BCUT2D eigenvalue weighted by Gasteiger charge is -2.19. The summed E-state index contributed by atoms with van der Waals surface area (Å²) >= 11 is 0. The number of ether oxygens (including phenoxy) is 1. The van der Waals surface area contributed by atoms with Gasteiger partial charge in [0.05, 0.1) is 24.3 Å². The summed E-state index contributed by atoms with van der Waals surface area (Å²) in [6.07, 6.45) is 1.53. The molecule has 0 bridgehead atoms. The van der Waals surface area contributed by atoms with Gasteiger partial charge in [0.15, 0.2) is 11.8 Å². The molecule has 1 atom stereocenters. The first-order chi connectivity index (χ1) is 14.6. The summed E-state index contributed by atoms with van der Waals surface area (Å²) in [7, 11) is 0. The van der Waals surface area contributed by atoms with Gasteiger partial charge in [-0.1, -0.05) is 0 Å². The van der Waals surface area contributed by atoms with Crippen molar-refractivity contribution in [3.05, 3.63) is 45.5 Å². The van der Waals surface area contributed by atoms with Crippen molar-refractivity contribution in [3.63, 3.8) is 0 Å². The third kappa shape index (κ3) is 3.98. The summed E-state index contributed by atoms with van der Waals surface area (Å²) in [4.78, 5) is 45.2. The smallest absolute Gasteiger partial charge is 0.407 e. The molecule has 13 heteroatoms.